The Kier molecular flexibility index (Phi) is 2.21. The van der Waals surface area contributed by atoms with Crippen LogP contribution >= 0.6 is 11.6 Å². The fourth-order valence-corrected chi connectivity index (χ4v) is 1.37. The molecule has 1 aromatic heterocycles. The number of nitrogens with zero attached hydrogens (tertiary/aromatic N) is 3. The molecule has 1 heterocycles. The Bertz CT molecular complexity index is 496. The quantitative estimate of drug-likeness (QED) is 0.714. The summed E-state index contributed by atoms with van der Waals surface area (Å²) in [5, 5.41) is 13.3. The minimum Gasteiger partial charge on any atom is -0.238 e. The molecule has 4 heteroatoms. The van der Waals surface area contributed by atoms with Crippen molar-refractivity contribution in [3.8, 4) is 11.8 Å². The number of hydrogen-bond donors (Lipinski definition) is 0. The molecule has 2 aromatic rings. The first-order valence-corrected chi connectivity index (χ1v) is 4.39. The zero-order valence-corrected chi connectivity index (χ0v) is 7.94. The van der Waals surface area contributed by atoms with Gasteiger partial charge in [-0.2, -0.15) is 10.4 Å². The molecule has 0 aliphatic rings. The van der Waals surface area contributed by atoms with Crippen molar-refractivity contribution in [3.63, 3.8) is 0 Å². The van der Waals surface area contributed by atoms with E-state index in [1.54, 1.807) is 16.9 Å². The molecular weight excluding hydrogens is 198 g/mol. The average Bonchev–Trinajstić information content (AvgIpc) is 2.67. The van der Waals surface area contributed by atoms with Crippen LogP contribution in [0.2, 0.25) is 5.02 Å². The van der Waals surface area contributed by atoms with Gasteiger partial charge in [-0.15, -0.1) is 0 Å². The summed E-state index contributed by atoms with van der Waals surface area (Å²) in [6, 6.07) is 9.35. The van der Waals surface area contributed by atoms with Crippen LogP contribution in [0, 0.1) is 11.3 Å². The SMILES string of the molecule is N#Cc1cnn(-c2ccccc2Cl)c1. The zero-order chi connectivity index (χ0) is 9.97. The van der Waals surface area contributed by atoms with E-state index in [2.05, 4.69) is 5.10 Å². The van der Waals surface area contributed by atoms with Gasteiger partial charge in [0.1, 0.15) is 6.07 Å². The third-order valence-electron chi connectivity index (χ3n) is 1.81. The van der Waals surface area contributed by atoms with Gasteiger partial charge in [0.2, 0.25) is 0 Å². The predicted molar refractivity (Wildman–Crippen MR) is 53.3 cm³/mol. The predicted octanol–water partition coefficient (Wildman–Crippen LogP) is 2.40. The van der Waals surface area contributed by atoms with Crippen molar-refractivity contribution >= 4 is 11.6 Å². The molecule has 0 saturated carbocycles. The van der Waals surface area contributed by atoms with E-state index in [0.29, 0.717) is 10.6 Å². The highest BCUT2D eigenvalue weighted by atomic mass is 35.5. The summed E-state index contributed by atoms with van der Waals surface area (Å²) >= 11 is 5.97. The standard InChI is InChI=1S/C10H6ClN3/c11-9-3-1-2-4-10(9)14-7-8(5-12)6-13-14/h1-4,6-7H. The fraction of sp³-hybridized carbons (Fsp3) is 0. The fourth-order valence-electron chi connectivity index (χ4n) is 1.15. The van der Waals surface area contributed by atoms with Gasteiger partial charge >= 0.3 is 0 Å². The summed E-state index contributed by atoms with van der Waals surface area (Å²) in [4.78, 5) is 0. The Labute approximate surface area is 86.2 Å². The number of para-hydroxylation sites is 1. The molecule has 2 rings (SSSR count). The van der Waals surface area contributed by atoms with Gasteiger partial charge in [0.25, 0.3) is 0 Å². The Hall–Kier alpha value is -1.79. The van der Waals surface area contributed by atoms with Crippen molar-refractivity contribution in [2.45, 2.75) is 0 Å². The van der Waals surface area contributed by atoms with Crippen LogP contribution < -0.4 is 0 Å². The first-order chi connectivity index (χ1) is 6.81. The minimum absolute atomic E-state index is 0.518. The van der Waals surface area contributed by atoms with E-state index in [1.807, 2.05) is 24.3 Å². The van der Waals surface area contributed by atoms with Crippen LogP contribution in [0.5, 0.6) is 0 Å². The first kappa shape index (κ1) is 8.79. The molecule has 0 spiro atoms. The summed E-state index contributed by atoms with van der Waals surface area (Å²) in [7, 11) is 0. The lowest BCUT2D eigenvalue weighted by atomic mass is 10.3. The normalized spacial score (nSPS) is 9.71. The van der Waals surface area contributed by atoms with Crippen LogP contribution in [0.15, 0.2) is 36.7 Å². The molecule has 3 nitrogen and oxygen atoms in total. The average molecular weight is 204 g/mol. The number of halogens is 1. The van der Waals surface area contributed by atoms with Gasteiger partial charge < -0.3 is 0 Å². The monoisotopic (exact) mass is 203 g/mol. The Morgan fingerprint density at radius 2 is 2.14 bits per heavy atom. The van der Waals surface area contributed by atoms with Crippen molar-refractivity contribution in [3.05, 3.63) is 47.2 Å². The Morgan fingerprint density at radius 3 is 2.79 bits per heavy atom. The van der Waals surface area contributed by atoms with Crippen LogP contribution in [0.25, 0.3) is 5.69 Å². The highest BCUT2D eigenvalue weighted by Crippen LogP contribution is 2.18. The third-order valence-corrected chi connectivity index (χ3v) is 2.13. The number of benzene rings is 1. The Morgan fingerprint density at radius 1 is 1.36 bits per heavy atom. The van der Waals surface area contributed by atoms with Gasteiger partial charge in [-0.25, -0.2) is 4.68 Å². The molecule has 14 heavy (non-hydrogen) atoms. The highest BCUT2D eigenvalue weighted by Gasteiger charge is 2.03. The van der Waals surface area contributed by atoms with Crippen molar-refractivity contribution in [2.75, 3.05) is 0 Å². The maximum atomic E-state index is 8.63. The number of aromatic nitrogens is 2. The number of rotatable bonds is 1. The van der Waals surface area contributed by atoms with Gasteiger partial charge in [0, 0.05) is 6.20 Å². The summed E-state index contributed by atoms with van der Waals surface area (Å²) in [6.45, 7) is 0. The van der Waals surface area contributed by atoms with E-state index in [4.69, 9.17) is 16.9 Å². The van der Waals surface area contributed by atoms with E-state index in [0.717, 1.165) is 5.69 Å². The first-order valence-electron chi connectivity index (χ1n) is 4.01. The maximum absolute atomic E-state index is 8.63. The van der Waals surface area contributed by atoms with E-state index in [9.17, 15) is 0 Å². The molecule has 0 N–H and O–H groups in total. The van der Waals surface area contributed by atoms with Crippen LogP contribution in [-0.4, -0.2) is 9.78 Å². The van der Waals surface area contributed by atoms with Crippen LogP contribution in [0.4, 0.5) is 0 Å². The molecule has 68 valence electrons. The van der Waals surface area contributed by atoms with Crippen LogP contribution in [-0.2, 0) is 0 Å². The van der Waals surface area contributed by atoms with Crippen molar-refractivity contribution in [2.24, 2.45) is 0 Å². The summed E-state index contributed by atoms with van der Waals surface area (Å²) in [6.07, 6.45) is 3.14. The summed E-state index contributed by atoms with van der Waals surface area (Å²) in [5.41, 5.74) is 1.29. The largest absolute Gasteiger partial charge is 0.238 e. The highest BCUT2D eigenvalue weighted by molar-refractivity contribution is 6.32. The zero-order valence-electron chi connectivity index (χ0n) is 7.18. The van der Waals surface area contributed by atoms with E-state index in [-0.39, 0.29) is 0 Å². The second-order valence-electron chi connectivity index (χ2n) is 2.74. The topological polar surface area (TPSA) is 41.6 Å². The molecule has 0 bridgehead atoms. The van der Waals surface area contributed by atoms with E-state index in [1.165, 1.54) is 6.20 Å². The summed E-state index contributed by atoms with van der Waals surface area (Å²) in [5.74, 6) is 0. The molecule has 1 aromatic carbocycles. The molecule has 0 aliphatic carbocycles. The molecule has 0 saturated heterocycles. The van der Waals surface area contributed by atoms with Gasteiger partial charge in [-0.3, -0.25) is 0 Å². The van der Waals surface area contributed by atoms with Crippen molar-refractivity contribution < 1.29 is 0 Å². The van der Waals surface area contributed by atoms with Crippen molar-refractivity contribution in [1.29, 1.82) is 5.26 Å². The lowest BCUT2D eigenvalue weighted by molar-refractivity contribution is 0.881. The third kappa shape index (κ3) is 1.48. The van der Waals surface area contributed by atoms with Crippen molar-refractivity contribution in [1.82, 2.24) is 9.78 Å². The lowest BCUT2D eigenvalue weighted by Gasteiger charge is -2.01. The lowest BCUT2D eigenvalue weighted by Crippen LogP contribution is -1.94. The molecule has 0 atom stereocenters. The van der Waals surface area contributed by atoms with E-state index >= 15 is 0 Å². The van der Waals surface area contributed by atoms with Gasteiger partial charge in [0.05, 0.1) is 22.5 Å². The van der Waals surface area contributed by atoms with Crippen LogP contribution in [0.3, 0.4) is 0 Å². The summed E-state index contributed by atoms with van der Waals surface area (Å²) < 4.78 is 1.58. The maximum Gasteiger partial charge on any atom is 0.102 e. The molecule has 0 amide bonds. The minimum atomic E-state index is 0.518. The Balaban J connectivity index is 2.51. The van der Waals surface area contributed by atoms with Gasteiger partial charge in [0.15, 0.2) is 0 Å². The molecule has 0 fully saturated rings. The molecule has 0 unspecified atom stereocenters. The molecule has 0 aliphatic heterocycles. The molecular formula is C10H6ClN3. The van der Waals surface area contributed by atoms with E-state index < -0.39 is 0 Å². The van der Waals surface area contributed by atoms with Gasteiger partial charge in [-0.1, -0.05) is 23.7 Å². The number of hydrogen-bond acceptors (Lipinski definition) is 2. The number of nitriles is 1. The second kappa shape index (κ2) is 3.52. The van der Waals surface area contributed by atoms with Gasteiger partial charge in [-0.05, 0) is 12.1 Å². The smallest absolute Gasteiger partial charge is 0.102 e. The van der Waals surface area contributed by atoms with Crippen LogP contribution in [0.1, 0.15) is 5.56 Å². The molecule has 0 radical (unpaired) electrons. The second-order valence-corrected chi connectivity index (χ2v) is 3.14.